The molecule has 0 unspecified atom stereocenters. The molecule has 3 heterocycles. The van der Waals surface area contributed by atoms with E-state index in [1.54, 1.807) is 12.1 Å². The maximum atomic E-state index is 13.4. The van der Waals surface area contributed by atoms with E-state index in [0.29, 0.717) is 34.5 Å². The number of amides is 1. The molecule has 0 aromatic carbocycles. The van der Waals surface area contributed by atoms with Crippen LogP contribution in [0.2, 0.25) is 0 Å². The molecule has 4 rings (SSSR count). The minimum absolute atomic E-state index is 0.275. The lowest BCUT2D eigenvalue weighted by molar-refractivity contribution is -0.105. The summed E-state index contributed by atoms with van der Waals surface area (Å²) in [7, 11) is 1.45. The van der Waals surface area contributed by atoms with Crippen LogP contribution >= 0.6 is 0 Å². The summed E-state index contributed by atoms with van der Waals surface area (Å²) in [5, 5.41) is 9.93. The number of H-pyrrole nitrogens is 1. The SMILES string of the molecule is C1CC1.COc1ncc(F)cc1-c1[nH]nc2nc(NC=O)ccc12. The number of hydrogen-bond acceptors (Lipinski definition) is 5. The number of methoxy groups -OCH3 is 1. The molecule has 24 heavy (non-hydrogen) atoms. The van der Waals surface area contributed by atoms with E-state index in [4.69, 9.17) is 4.74 Å². The summed E-state index contributed by atoms with van der Waals surface area (Å²) in [6.45, 7) is 0. The van der Waals surface area contributed by atoms with Crippen LogP contribution in [0.15, 0.2) is 24.4 Å². The Kier molecular flexibility index (Phi) is 4.64. The minimum Gasteiger partial charge on any atom is -0.481 e. The second-order valence-corrected chi connectivity index (χ2v) is 5.20. The van der Waals surface area contributed by atoms with Crippen molar-refractivity contribution >= 4 is 23.3 Å². The predicted molar refractivity (Wildman–Crippen MR) is 87.2 cm³/mol. The topological polar surface area (TPSA) is 92.8 Å². The van der Waals surface area contributed by atoms with E-state index in [-0.39, 0.29) is 5.88 Å². The van der Waals surface area contributed by atoms with Crippen molar-refractivity contribution in [3.8, 4) is 17.1 Å². The van der Waals surface area contributed by atoms with E-state index >= 15 is 0 Å². The number of fused-ring (bicyclic) bond motifs is 1. The predicted octanol–water partition coefficient (Wildman–Crippen LogP) is 2.91. The van der Waals surface area contributed by atoms with Crippen LogP contribution in [0, 0.1) is 5.82 Å². The van der Waals surface area contributed by atoms with Crippen molar-refractivity contribution in [2.75, 3.05) is 12.4 Å². The van der Waals surface area contributed by atoms with E-state index in [2.05, 4.69) is 25.5 Å². The summed E-state index contributed by atoms with van der Waals surface area (Å²) < 4.78 is 18.6. The Hall–Kier alpha value is -3.03. The van der Waals surface area contributed by atoms with Crippen LogP contribution in [0.3, 0.4) is 0 Å². The van der Waals surface area contributed by atoms with Gasteiger partial charge in [-0.25, -0.2) is 14.4 Å². The normalized spacial score (nSPS) is 12.2. The summed E-state index contributed by atoms with van der Waals surface area (Å²) in [5.41, 5.74) is 1.38. The second-order valence-electron chi connectivity index (χ2n) is 5.20. The second kappa shape index (κ2) is 7.03. The lowest BCUT2D eigenvalue weighted by Gasteiger charge is -2.05. The third kappa shape index (κ3) is 3.48. The van der Waals surface area contributed by atoms with Crippen molar-refractivity contribution in [1.29, 1.82) is 0 Å². The van der Waals surface area contributed by atoms with Gasteiger partial charge in [0, 0.05) is 5.39 Å². The van der Waals surface area contributed by atoms with Crippen molar-refractivity contribution in [2.45, 2.75) is 19.3 Å². The monoisotopic (exact) mass is 329 g/mol. The van der Waals surface area contributed by atoms with Crippen LogP contribution in [-0.4, -0.2) is 33.7 Å². The molecule has 2 N–H and O–H groups in total. The molecule has 0 atom stereocenters. The van der Waals surface area contributed by atoms with Gasteiger partial charge in [0.25, 0.3) is 0 Å². The Labute approximate surface area is 137 Å². The number of ether oxygens (including phenoxy) is 1. The molecule has 0 aliphatic heterocycles. The lowest BCUT2D eigenvalue weighted by Crippen LogP contribution is -1.96. The molecule has 1 aliphatic rings. The van der Waals surface area contributed by atoms with Gasteiger partial charge in [-0.15, -0.1) is 0 Å². The molecule has 0 bridgehead atoms. The van der Waals surface area contributed by atoms with Gasteiger partial charge in [-0.2, -0.15) is 5.10 Å². The summed E-state index contributed by atoms with van der Waals surface area (Å²) in [4.78, 5) is 18.4. The molecule has 0 spiro atoms. The molecule has 1 saturated carbocycles. The van der Waals surface area contributed by atoms with Crippen LogP contribution in [0.25, 0.3) is 22.3 Å². The molecule has 1 aliphatic carbocycles. The van der Waals surface area contributed by atoms with Crippen molar-refractivity contribution < 1.29 is 13.9 Å². The van der Waals surface area contributed by atoms with Crippen LogP contribution in [0.5, 0.6) is 5.88 Å². The van der Waals surface area contributed by atoms with E-state index in [0.717, 1.165) is 6.20 Å². The molecule has 7 nitrogen and oxygen atoms in total. The van der Waals surface area contributed by atoms with Gasteiger partial charge in [0.1, 0.15) is 11.6 Å². The molecule has 8 heteroatoms. The summed E-state index contributed by atoms with van der Waals surface area (Å²) >= 11 is 0. The van der Waals surface area contributed by atoms with Gasteiger partial charge >= 0.3 is 0 Å². The first-order valence-corrected chi connectivity index (χ1v) is 7.48. The number of nitrogens with zero attached hydrogens (tertiary/aromatic N) is 3. The number of nitrogens with one attached hydrogen (secondary N) is 2. The van der Waals surface area contributed by atoms with Gasteiger partial charge in [0.2, 0.25) is 12.3 Å². The fraction of sp³-hybridized carbons (Fsp3) is 0.250. The fourth-order valence-electron chi connectivity index (χ4n) is 2.01. The highest BCUT2D eigenvalue weighted by molar-refractivity contribution is 5.93. The Balaban J connectivity index is 0.000000508. The van der Waals surface area contributed by atoms with Crippen LogP contribution in [0.1, 0.15) is 19.3 Å². The smallest absolute Gasteiger partial charge is 0.222 e. The average Bonchev–Trinajstić information content (AvgIpc) is 3.42. The van der Waals surface area contributed by atoms with E-state index in [1.807, 2.05) is 0 Å². The van der Waals surface area contributed by atoms with Crippen molar-refractivity contribution in [3.63, 3.8) is 0 Å². The van der Waals surface area contributed by atoms with Gasteiger partial charge in [0.15, 0.2) is 5.65 Å². The highest BCUT2D eigenvalue weighted by atomic mass is 19.1. The molecule has 0 saturated heterocycles. The molecule has 1 amide bonds. The van der Waals surface area contributed by atoms with Crippen molar-refractivity contribution in [2.24, 2.45) is 0 Å². The summed E-state index contributed by atoms with van der Waals surface area (Å²) in [6.07, 6.45) is 6.10. The van der Waals surface area contributed by atoms with Crippen LogP contribution in [-0.2, 0) is 4.79 Å². The van der Waals surface area contributed by atoms with E-state index in [9.17, 15) is 9.18 Å². The number of anilines is 1. The zero-order chi connectivity index (χ0) is 16.9. The summed E-state index contributed by atoms with van der Waals surface area (Å²) in [6, 6.07) is 4.64. The Morgan fingerprint density at radius 2 is 2.12 bits per heavy atom. The van der Waals surface area contributed by atoms with Crippen LogP contribution in [0.4, 0.5) is 10.2 Å². The van der Waals surface area contributed by atoms with Gasteiger partial charge < -0.3 is 10.1 Å². The first-order valence-electron chi connectivity index (χ1n) is 7.48. The van der Waals surface area contributed by atoms with Crippen LogP contribution < -0.4 is 10.1 Å². The van der Waals surface area contributed by atoms with Gasteiger partial charge in [0.05, 0.1) is 24.6 Å². The zero-order valence-corrected chi connectivity index (χ0v) is 13.0. The first-order chi connectivity index (χ1) is 11.7. The number of aromatic amines is 1. The Morgan fingerprint density at radius 3 is 2.79 bits per heavy atom. The third-order valence-electron chi connectivity index (χ3n) is 3.26. The molecule has 3 aromatic heterocycles. The number of hydrogen-bond donors (Lipinski definition) is 2. The molecular weight excluding hydrogens is 313 g/mol. The van der Waals surface area contributed by atoms with E-state index < -0.39 is 5.82 Å². The maximum absolute atomic E-state index is 13.4. The largest absolute Gasteiger partial charge is 0.481 e. The van der Waals surface area contributed by atoms with Gasteiger partial charge in [-0.1, -0.05) is 19.3 Å². The van der Waals surface area contributed by atoms with E-state index in [1.165, 1.54) is 32.4 Å². The van der Waals surface area contributed by atoms with Gasteiger partial charge in [-0.05, 0) is 18.2 Å². The standard InChI is InChI=1S/C13H10FN5O2.C3H6/c1-21-13-9(4-7(14)5-15-13)11-8-2-3-10(16-6-20)17-12(8)19-18-11;1-2-3-1/h2-6H,1H3,(H2,16,17,18,19,20);1-3H2. The number of pyridine rings is 2. The Morgan fingerprint density at radius 1 is 1.33 bits per heavy atom. The maximum Gasteiger partial charge on any atom is 0.222 e. The highest BCUT2D eigenvalue weighted by Gasteiger charge is 2.15. The number of rotatable bonds is 4. The zero-order valence-electron chi connectivity index (χ0n) is 13.0. The quantitative estimate of drug-likeness (QED) is 0.718. The summed E-state index contributed by atoms with van der Waals surface area (Å²) in [5.74, 6) is 0.165. The molecule has 124 valence electrons. The average molecular weight is 329 g/mol. The molecular formula is C16H16FN5O2. The number of carbonyl (C=O) groups is 1. The third-order valence-corrected chi connectivity index (χ3v) is 3.26. The number of aromatic nitrogens is 4. The fourth-order valence-corrected chi connectivity index (χ4v) is 2.01. The number of carbonyl (C=O) groups excluding carboxylic acids is 1. The lowest BCUT2D eigenvalue weighted by atomic mass is 10.1. The Bertz CT molecular complexity index is 860. The first kappa shape index (κ1) is 15.9. The van der Waals surface area contributed by atoms with Gasteiger partial charge in [-0.3, -0.25) is 9.89 Å². The van der Waals surface area contributed by atoms with Crippen molar-refractivity contribution in [3.05, 3.63) is 30.2 Å². The minimum atomic E-state index is -0.485. The molecule has 3 aromatic rings. The van der Waals surface area contributed by atoms with Crippen molar-refractivity contribution in [1.82, 2.24) is 20.2 Å². The molecule has 1 fully saturated rings. The molecule has 0 radical (unpaired) electrons. The number of halogens is 1. The highest BCUT2D eigenvalue weighted by Crippen LogP contribution is 2.32.